The highest BCUT2D eigenvalue weighted by Crippen LogP contribution is 2.28. The molecule has 0 aliphatic carbocycles. The Morgan fingerprint density at radius 2 is 2.04 bits per heavy atom. The van der Waals surface area contributed by atoms with E-state index in [-0.39, 0.29) is 12.3 Å². The number of nitrogens with zero attached hydrogens (tertiary/aromatic N) is 1. The van der Waals surface area contributed by atoms with Gasteiger partial charge < -0.3 is 9.26 Å². The van der Waals surface area contributed by atoms with Crippen molar-refractivity contribution in [1.82, 2.24) is 16.0 Å². The van der Waals surface area contributed by atoms with Gasteiger partial charge in [-0.2, -0.15) is 20.5 Å². The second-order valence-electron chi connectivity index (χ2n) is 6.07. The van der Waals surface area contributed by atoms with Crippen molar-refractivity contribution in [2.45, 2.75) is 31.5 Å². The average molecular weight is 399 g/mol. The van der Waals surface area contributed by atoms with Gasteiger partial charge in [0, 0.05) is 18.2 Å². The number of ether oxygens (including phenoxy) is 1. The van der Waals surface area contributed by atoms with Crippen LogP contribution in [-0.2, 0) is 11.3 Å². The average Bonchev–Trinajstić information content (AvgIpc) is 3.16. The molecule has 0 bridgehead atoms. The highest BCUT2D eigenvalue weighted by atomic mass is 32.2. The molecule has 1 aromatic carbocycles. The number of thioether (sulfide) groups is 1. The Kier molecular flexibility index (Phi) is 6.30. The van der Waals surface area contributed by atoms with Crippen molar-refractivity contribution in [1.29, 1.82) is 0 Å². The van der Waals surface area contributed by atoms with Crippen molar-refractivity contribution < 1.29 is 28.0 Å². The number of aromatic nitrogens is 1. The zero-order chi connectivity index (χ0) is 19.3. The predicted molar refractivity (Wildman–Crippen MR) is 94.6 cm³/mol. The minimum atomic E-state index is -2.87. The van der Waals surface area contributed by atoms with Gasteiger partial charge in [0.2, 0.25) is 0 Å². The molecule has 2 aromatic rings. The number of hydrogen-bond acceptors (Lipinski definition) is 7. The van der Waals surface area contributed by atoms with E-state index in [9.17, 15) is 13.6 Å². The number of hydroxylamine groups is 1. The first kappa shape index (κ1) is 19.6. The minimum absolute atomic E-state index is 0.0577. The van der Waals surface area contributed by atoms with E-state index in [4.69, 9.17) is 9.73 Å². The largest absolute Gasteiger partial charge is 0.435 e. The van der Waals surface area contributed by atoms with Crippen LogP contribution in [0, 0.1) is 0 Å². The molecule has 0 saturated carbocycles. The molecule has 0 unspecified atom stereocenters. The van der Waals surface area contributed by atoms with E-state index in [0.717, 1.165) is 11.5 Å². The maximum Gasteiger partial charge on any atom is 0.387 e. The van der Waals surface area contributed by atoms with E-state index in [1.165, 1.54) is 12.1 Å². The van der Waals surface area contributed by atoms with Crippen molar-refractivity contribution in [3.8, 4) is 17.1 Å². The number of carbonyl (C=O) groups excluding carboxylic acids is 1. The molecule has 1 aliphatic rings. The molecule has 3 N–H and O–H groups in total. The lowest BCUT2D eigenvalue weighted by Gasteiger charge is -2.35. The predicted octanol–water partition coefficient (Wildman–Crippen LogP) is 2.80. The smallest absolute Gasteiger partial charge is 0.387 e. The molecule has 1 amide bonds. The van der Waals surface area contributed by atoms with E-state index in [1.807, 2.05) is 0 Å². The molecule has 10 heteroatoms. The summed E-state index contributed by atoms with van der Waals surface area (Å²) in [6, 6.07) is 7.73. The fourth-order valence-electron chi connectivity index (χ4n) is 2.90. The molecule has 3 rings (SSSR count). The third kappa shape index (κ3) is 4.76. The van der Waals surface area contributed by atoms with Gasteiger partial charge in [0.1, 0.15) is 11.3 Å². The zero-order valence-corrected chi connectivity index (χ0v) is 15.1. The molecule has 1 aliphatic heterocycles. The molecule has 1 aromatic heterocycles. The van der Waals surface area contributed by atoms with Crippen LogP contribution in [0.3, 0.4) is 0 Å². The molecule has 0 radical (unpaired) electrons. The van der Waals surface area contributed by atoms with E-state index < -0.39 is 18.1 Å². The lowest BCUT2D eigenvalue weighted by Crippen LogP contribution is -2.58. The van der Waals surface area contributed by atoms with Crippen molar-refractivity contribution in [2.24, 2.45) is 0 Å². The van der Waals surface area contributed by atoms with E-state index in [1.54, 1.807) is 35.4 Å². The molecule has 2 heterocycles. The number of benzene rings is 1. The van der Waals surface area contributed by atoms with Gasteiger partial charge in [0.25, 0.3) is 5.91 Å². The summed E-state index contributed by atoms with van der Waals surface area (Å²) in [7, 11) is 0. The van der Waals surface area contributed by atoms with Crippen LogP contribution in [0.1, 0.15) is 18.5 Å². The molecule has 0 spiro atoms. The Morgan fingerprint density at radius 3 is 2.67 bits per heavy atom. The summed E-state index contributed by atoms with van der Waals surface area (Å²) in [5.41, 5.74) is 2.15. The Hall–Kier alpha value is -2.17. The van der Waals surface area contributed by atoms with E-state index >= 15 is 0 Å². The van der Waals surface area contributed by atoms with Crippen LogP contribution < -0.4 is 15.5 Å². The standard InChI is InChI=1S/C17H19F2N3O4S/c18-16(19)25-13-3-1-11(2-4-13)14-9-12(22-26-14)10-20-17(15(23)21-24)5-7-27-8-6-17/h1-4,9,16,20,24H,5-8,10H2,(H,21,23). The van der Waals surface area contributed by atoms with Crippen molar-refractivity contribution in [3.63, 3.8) is 0 Å². The number of nitrogens with one attached hydrogen (secondary N) is 2. The Morgan fingerprint density at radius 1 is 1.33 bits per heavy atom. The van der Waals surface area contributed by atoms with Crippen LogP contribution in [0.2, 0.25) is 0 Å². The van der Waals surface area contributed by atoms with Gasteiger partial charge in [-0.25, -0.2) is 5.48 Å². The van der Waals surface area contributed by atoms with Crippen LogP contribution in [-0.4, -0.2) is 39.9 Å². The number of rotatable bonds is 7. The number of hydrogen-bond donors (Lipinski definition) is 3. The third-order valence-electron chi connectivity index (χ3n) is 4.41. The summed E-state index contributed by atoms with van der Waals surface area (Å²) in [5, 5.41) is 16.2. The first-order chi connectivity index (χ1) is 13.0. The summed E-state index contributed by atoms with van der Waals surface area (Å²) in [5.74, 6) is 1.70. The first-order valence-corrected chi connectivity index (χ1v) is 9.46. The topological polar surface area (TPSA) is 96.6 Å². The monoisotopic (exact) mass is 399 g/mol. The molecule has 1 fully saturated rings. The summed E-state index contributed by atoms with van der Waals surface area (Å²) in [6.07, 6.45) is 1.20. The van der Waals surface area contributed by atoms with Gasteiger partial charge in [-0.1, -0.05) is 5.16 Å². The first-order valence-electron chi connectivity index (χ1n) is 8.30. The maximum absolute atomic E-state index is 12.2. The fraction of sp³-hybridized carbons (Fsp3) is 0.412. The molecule has 146 valence electrons. The number of amides is 1. The van der Waals surface area contributed by atoms with Crippen molar-refractivity contribution in [2.75, 3.05) is 11.5 Å². The SMILES string of the molecule is O=C(NO)C1(NCc2cc(-c3ccc(OC(F)F)cc3)on2)CCSCC1. The number of carbonyl (C=O) groups is 1. The summed E-state index contributed by atoms with van der Waals surface area (Å²) < 4.78 is 34.0. The van der Waals surface area contributed by atoms with Crippen LogP contribution in [0.15, 0.2) is 34.9 Å². The highest BCUT2D eigenvalue weighted by molar-refractivity contribution is 7.99. The summed E-state index contributed by atoms with van der Waals surface area (Å²) >= 11 is 1.76. The second-order valence-corrected chi connectivity index (χ2v) is 7.30. The quantitative estimate of drug-likeness (QED) is 0.487. The minimum Gasteiger partial charge on any atom is -0.435 e. The lowest BCUT2D eigenvalue weighted by atomic mass is 9.91. The van der Waals surface area contributed by atoms with E-state index in [2.05, 4.69) is 15.2 Å². The fourth-order valence-corrected chi connectivity index (χ4v) is 4.09. The summed E-state index contributed by atoms with van der Waals surface area (Å²) in [6.45, 7) is -2.59. The molecule has 0 atom stereocenters. The van der Waals surface area contributed by atoms with Gasteiger partial charge in [0.15, 0.2) is 5.76 Å². The Labute approximate surface area is 158 Å². The highest BCUT2D eigenvalue weighted by Gasteiger charge is 2.39. The van der Waals surface area contributed by atoms with Crippen molar-refractivity contribution in [3.05, 3.63) is 36.0 Å². The third-order valence-corrected chi connectivity index (χ3v) is 5.40. The van der Waals surface area contributed by atoms with Crippen LogP contribution in [0.4, 0.5) is 8.78 Å². The van der Waals surface area contributed by atoms with Gasteiger partial charge in [-0.05, 0) is 48.6 Å². The molecule has 7 nitrogen and oxygen atoms in total. The van der Waals surface area contributed by atoms with Crippen LogP contribution >= 0.6 is 11.8 Å². The van der Waals surface area contributed by atoms with E-state index in [0.29, 0.717) is 29.9 Å². The maximum atomic E-state index is 12.2. The van der Waals surface area contributed by atoms with Gasteiger partial charge in [-0.3, -0.25) is 15.3 Å². The van der Waals surface area contributed by atoms with Gasteiger partial charge >= 0.3 is 6.61 Å². The van der Waals surface area contributed by atoms with Crippen LogP contribution in [0.25, 0.3) is 11.3 Å². The van der Waals surface area contributed by atoms with Crippen LogP contribution in [0.5, 0.6) is 5.75 Å². The second kappa shape index (κ2) is 8.68. The normalized spacial score (nSPS) is 16.3. The lowest BCUT2D eigenvalue weighted by molar-refractivity contribution is -0.136. The van der Waals surface area contributed by atoms with Gasteiger partial charge in [-0.15, -0.1) is 0 Å². The Bertz CT molecular complexity index is 764. The molecule has 27 heavy (non-hydrogen) atoms. The molecular weight excluding hydrogens is 380 g/mol. The summed E-state index contributed by atoms with van der Waals surface area (Å²) in [4.78, 5) is 12.1. The zero-order valence-electron chi connectivity index (χ0n) is 14.3. The molecular formula is C17H19F2N3O4S. The number of halogens is 2. The van der Waals surface area contributed by atoms with Crippen molar-refractivity contribution >= 4 is 17.7 Å². The Balaban J connectivity index is 1.66. The van der Waals surface area contributed by atoms with Gasteiger partial charge in [0.05, 0.1) is 5.69 Å². The number of alkyl halides is 2. The molecule has 1 saturated heterocycles.